The van der Waals surface area contributed by atoms with Gasteiger partial charge in [-0.15, -0.1) is 11.3 Å². The predicted molar refractivity (Wildman–Crippen MR) is 130 cm³/mol. The van der Waals surface area contributed by atoms with Crippen LogP contribution in [0.1, 0.15) is 97.1 Å². The van der Waals surface area contributed by atoms with Crippen molar-refractivity contribution in [3.8, 4) is 0 Å². The minimum atomic E-state index is -1.54. The number of rotatable bonds is 11. The first-order valence-corrected chi connectivity index (χ1v) is 16.0. The van der Waals surface area contributed by atoms with Crippen LogP contribution in [-0.4, -0.2) is 24.5 Å². The van der Waals surface area contributed by atoms with E-state index in [2.05, 4.69) is 39.6 Å². The largest absolute Gasteiger partial charge is 0.414 e. The zero-order valence-electron chi connectivity index (χ0n) is 20.0. The molecule has 1 heterocycles. The molecule has 3 nitrogen and oxygen atoms in total. The summed E-state index contributed by atoms with van der Waals surface area (Å²) in [5, 5.41) is 13.2. The average Bonchev–Trinajstić information content (AvgIpc) is 3.40. The first-order chi connectivity index (χ1) is 14.4. The number of nitrogens with zero attached hydrogens (tertiary/aromatic N) is 1. The van der Waals surface area contributed by atoms with E-state index >= 15 is 0 Å². The van der Waals surface area contributed by atoms with Crippen LogP contribution in [0.4, 0.5) is 0 Å². The molecule has 0 amide bonds. The summed E-state index contributed by atoms with van der Waals surface area (Å²) in [6.45, 7) is 12.2. The van der Waals surface area contributed by atoms with Gasteiger partial charge in [-0.2, -0.15) is 0 Å². The minimum Gasteiger partial charge on any atom is -0.414 e. The molecule has 172 valence electrons. The van der Waals surface area contributed by atoms with Gasteiger partial charge in [0.25, 0.3) is 0 Å². The van der Waals surface area contributed by atoms with E-state index in [-0.39, 0.29) is 6.10 Å². The van der Waals surface area contributed by atoms with E-state index in [4.69, 9.17) is 4.43 Å². The summed E-state index contributed by atoms with van der Waals surface area (Å²) in [6, 6.07) is 3.80. The number of hydrogen-bond donors (Lipinski definition) is 1. The number of aliphatic hydroxyl groups is 1. The molecule has 1 N–H and O–H groups in total. The number of fused-ring (bicyclic) bond motifs is 1. The minimum absolute atomic E-state index is 0.383. The van der Waals surface area contributed by atoms with E-state index in [0.717, 1.165) is 35.6 Å². The molecule has 30 heavy (non-hydrogen) atoms. The molecular formula is C25H45NO2SSi. The third-order valence-electron chi connectivity index (χ3n) is 9.03. The molecule has 1 aromatic heterocycles. The van der Waals surface area contributed by atoms with Crippen molar-refractivity contribution < 1.29 is 9.53 Å². The van der Waals surface area contributed by atoms with E-state index in [0.29, 0.717) is 11.5 Å². The zero-order chi connectivity index (χ0) is 21.8. The van der Waals surface area contributed by atoms with Gasteiger partial charge in [-0.1, -0.05) is 53.9 Å². The molecule has 2 aliphatic rings. The van der Waals surface area contributed by atoms with E-state index in [1.165, 1.54) is 56.7 Å². The summed E-state index contributed by atoms with van der Waals surface area (Å²) in [5.74, 6) is 2.30. The summed E-state index contributed by atoms with van der Waals surface area (Å²) in [6.07, 6.45) is 11.8. The molecule has 2 unspecified atom stereocenters. The van der Waals surface area contributed by atoms with Crippen LogP contribution in [0.25, 0.3) is 0 Å². The second-order valence-electron chi connectivity index (χ2n) is 10.4. The molecule has 0 saturated heterocycles. The van der Waals surface area contributed by atoms with Crippen LogP contribution >= 0.6 is 11.3 Å². The van der Waals surface area contributed by atoms with Crippen LogP contribution in [0.5, 0.6) is 0 Å². The Bertz CT molecular complexity index is 627. The monoisotopic (exact) mass is 451 g/mol. The highest BCUT2D eigenvalue weighted by atomic mass is 32.1. The standard InChI is InChI=1S/C25H45NO2SSi/c1-6-30(7-2,8-3)28-23-13-10-16-25(5)20(14-15-21(23)25)19(4)11-9-12-22(27)24-26-17-18-29-24/h17-23,27H,6-16H2,1-5H3/t19-,20+,21+,22?,23?,25-/m1/s1. The second-order valence-corrected chi connectivity index (χ2v) is 16.0. The maximum atomic E-state index is 10.4. The smallest absolute Gasteiger partial charge is 0.192 e. The molecule has 0 aliphatic heterocycles. The van der Waals surface area contributed by atoms with Crippen molar-refractivity contribution in [3.63, 3.8) is 0 Å². The van der Waals surface area contributed by atoms with Crippen molar-refractivity contribution in [2.24, 2.45) is 23.2 Å². The number of aliphatic hydroxyl groups excluding tert-OH is 1. The molecule has 2 aliphatic carbocycles. The Hall–Kier alpha value is -0.233. The van der Waals surface area contributed by atoms with Crippen molar-refractivity contribution in [1.82, 2.24) is 4.98 Å². The highest BCUT2D eigenvalue weighted by Gasteiger charge is 2.53. The SMILES string of the molecule is CC[Si](CC)(CC)OC1CCC[C@@]2(C)[C@H]1CC[C@H]2[C@H](C)CCCC(O)c1nccs1. The maximum Gasteiger partial charge on any atom is 0.192 e. The van der Waals surface area contributed by atoms with E-state index in [1.54, 1.807) is 17.5 Å². The Morgan fingerprint density at radius 3 is 2.57 bits per heavy atom. The second kappa shape index (κ2) is 10.6. The Labute approximate surface area is 190 Å². The highest BCUT2D eigenvalue weighted by Crippen LogP contribution is 2.59. The Balaban J connectivity index is 1.58. The van der Waals surface area contributed by atoms with Crippen LogP contribution in [-0.2, 0) is 4.43 Å². The average molecular weight is 452 g/mol. The van der Waals surface area contributed by atoms with Crippen LogP contribution in [0.15, 0.2) is 11.6 Å². The van der Waals surface area contributed by atoms with Crippen LogP contribution < -0.4 is 0 Å². The zero-order valence-corrected chi connectivity index (χ0v) is 21.8. The lowest BCUT2D eigenvalue weighted by atomic mass is 9.61. The van der Waals surface area contributed by atoms with Crippen molar-refractivity contribution >= 4 is 19.7 Å². The highest BCUT2D eigenvalue weighted by molar-refractivity contribution is 7.09. The normalized spacial score (nSPS) is 31.5. The van der Waals surface area contributed by atoms with Crippen LogP contribution in [0, 0.1) is 23.2 Å². The number of hydrogen-bond acceptors (Lipinski definition) is 4. The van der Waals surface area contributed by atoms with Gasteiger partial charge in [0.15, 0.2) is 8.32 Å². The molecule has 0 radical (unpaired) electrons. The third-order valence-corrected chi connectivity index (χ3v) is 14.6. The lowest BCUT2D eigenvalue weighted by Crippen LogP contribution is -2.48. The van der Waals surface area contributed by atoms with Crippen molar-refractivity contribution in [1.29, 1.82) is 0 Å². The maximum absolute atomic E-state index is 10.4. The Morgan fingerprint density at radius 2 is 1.93 bits per heavy atom. The molecule has 5 heteroatoms. The van der Waals surface area contributed by atoms with Gasteiger partial charge in [0.2, 0.25) is 0 Å². The first kappa shape index (κ1) is 24.4. The fraction of sp³-hybridized carbons (Fsp3) is 0.880. The molecule has 0 spiro atoms. The van der Waals surface area contributed by atoms with Gasteiger partial charge >= 0.3 is 0 Å². The predicted octanol–water partition coefficient (Wildman–Crippen LogP) is 7.59. The molecule has 0 bridgehead atoms. The van der Waals surface area contributed by atoms with Crippen LogP contribution in [0.2, 0.25) is 18.1 Å². The van der Waals surface area contributed by atoms with Crippen molar-refractivity contribution in [3.05, 3.63) is 16.6 Å². The molecule has 3 rings (SSSR count). The van der Waals surface area contributed by atoms with Gasteiger partial charge in [-0.3, -0.25) is 0 Å². The summed E-state index contributed by atoms with van der Waals surface area (Å²) < 4.78 is 7.09. The quantitative estimate of drug-likeness (QED) is 0.352. The summed E-state index contributed by atoms with van der Waals surface area (Å²) in [4.78, 5) is 4.27. The number of thiazole rings is 1. The first-order valence-electron chi connectivity index (χ1n) is 12.6. The summed E-state index contributed by atoms with van der Waals surface area (Å²) >= 11 is 1.57. The fourth-order valence-corrected chi connectivity index (χ4v) is 10.5. The molecule has 2 fully saturated rings. The molecular weight excluding hydrogens is 406 g/mol. The van der Waals surface area contributed by atoms with Crippen molar-refractivity contribution in [2.45, 2.75) is 116 Å². The molecule has 1 aromatic rings. The number of aromatic nitrogens is 1. The van der Waals surface area contributed by atoms with Crippen molar-refractivity contribution in [2.75, 3.05) is 0 Å². The van der Waals surface area contributed by atoms with Crippen LogP contribution in [0.3, 0.4) is 0 Å². The Morgan fingerprint density at radius 1 is 1.20 bits per heavy atom. The van der Waals surface area contributed by atoms with Gasteiger partial charge in [0, 0.05) is 17.7 Å². The van der Waals surface area contributed by atoms with E-state index < -0.39 is 8.32 Å². The lowest BCUT2D eigenvalue weighted by molar-refractivity contribution is -0.0205. The molecule has 2 saturated carbocycles. The van der Waals surface area contributed by atoms with E-state index in [9.17, 15) is 5.11 Å². The topological polar surface area (TPSA) is 42.4 Å². The van der Waals surface area contributed by atoms with Gasteiger partial charge < -0.3 is 9.53 Å². The van der Waals surface area contributed by atoms with Gasteiger partial charge in [-0.25, -0.2) is 4.98 Å². The lowest BCUT2D eigenvalue weighted by Gasteiger charge is -2.49. The fourth-order valence-electron chi connectivity index (χ4n) is 6.91. The third kappa shape index (κ3) is 5.05. The van der Waals surface area contributed by atoms with Gasteiger partial charge in [0.05, 0.1) is 0 Å². The van der Waals surface area contributed by atoms with Gasteiger partial charge in [-0.05, 0) is 73.4 Å². The molecule has 0 aromatic carbocycles. The summed E-state index contributed by atoms with van der Waals surface area (Å²) in [5.41, 5.74) is 0.450. The molecule has 6 atom stereocenters. The van der Waals surface area contributed by atoms with Gasteiger partial charge in [0.1, 0.15) is 11.1 Å². The Kier molecular flexibility index (Phi) is 8.62. The van der Waals surface area contributed by atoms with E-state index in [1.807, 2.05) is 5.38 Å². The summed E-state index contributed by atoms with van der Waals surface area (Å²) in [7, 11) is -1.54.